The van der Waals surface area contributed by atoms with Gasteiger partial charge in [0.25, 0.3) is 0 Å². The predicted octanol–water partition coefficient (Wildman–Crippen LogP) is 2.94. The van der Waals surface area contributed by atoms with Gasteiger partial charge in [0.2, 0.25) is 0 Å². The third-order valence-electron chi connectivity index (χ3n) is 4.04. The first kappa shape index (κ1) is 14.8. The van der Waals surface area contributed by atoms with Crippen molar-refractivity contribution in [1.29, 1.82) is 5.26 Å². The highest BCUT2D eigenvalue weighted by Gasteiger charge is 2.55. The van der Waals surface area contributed by atoms with Crippen molar-refractivity contribution in [3.05, 3.63) is 29.3 Å². The van der Waals surface area contributed by atoms with Gasteiger partial charge in [0.15, 0.2) is 6.79 Å². The second-order valence-corrected chi connectivity index (χ2v) is 5.75. The van der Waals surface area contributed by atoms with Gasteiger partial charge in [0.1, 0.15) is 5.75 Å². The zero-order chi connectivity index (χ0) is 14.8. The summed E-state index contributed by atoms with van der Waals surface area (Å²) >= 11 is 0. The molecule has 0 aliphatic heterocycles. The quantitative estimate of drug-likeness (QED) is 0.775. The molecule has 108 valence electrons. The third-order valence-corrected chi connectivity index (χ3v) is 4.04. The van der Waals surface area contributed by atoms with Gasteiger partial charge in [-0.3, -0.25) is 0 Å². The SMILES string of the molecule is COCOc1cc(C)ccc1C1(C#N)CC(C)(OC)C1. The molecule has 0 N–H and O–H groups in total. The summed E-state index contributed by atoms with van der Waals surface area (Å²) in [6.07, 6.45) is 1.36. The van der Waals surface area contributed by atoms with Gasteiger partial charge in [0, 0.05) is 19.8 Å². The monoisotopic (exact) mass is 275 g/mol. The average molecular weight is 275 g/mol. The van der Waals surface area contributed by atoms with Crippen LogP contribution in [0.15, 0.2) is 18.2 Å². The molecular weight excluding hydrogens is 254 g/mol. The smallest absolute Gasteiger partial charge is 0.188 e. The molecule has 1 aliphatic rings. The maximum Gasteiger partial charge on any atom is 0.188 e. The Labute approximate surface area is 120 Å². The van der Waals surface area contributed by atoms with Gasteiger partial charge in [-0.1, -0.05) is 12.1 Å². The number of ether oxygens (including phenoxy) is 3. The summed E-state index contributed by atoms with van der Waals surface area (Å²) in [7, 11) is 3.28. The first-order valence-electron chi connectivity index (χ1n) is 6.68. The van der Waals surface area contributed by atoms with E-state index in [0.717, 1.165) is 16.9 Å². The Morgan fingerprint density at radius 3 is 2.55 bits per heavy atom. The normalized spacial score (nSPS) is 28.6. The number of hydrogen-bond acceptors (Lipinski definition) is 4. The van der Waals surface area contributed by atoms with Crippen molar-refractivity contribution in [2.45, 2.75) is 37.7 Å². The Morgan fingerprint density at radius 2 is 2.00 bits per heavy atom. The number of methoxy groups -OCH3 is 2. The van der Waals surface area contributed by atoms with Crippen LogP contribution >= 0.6 is 0 Å². The van der Waals surface area contributed by atoms with Crippen molar-refractivity contribution in [1.82, 2.24) is 0 Å². The molecule has 0 saturated heterocycles. The first-order valence-corrected chi connectivity index (χ1v) is 6.68. The van der Waals surface area contributed by atoms with Gasteiger partial charge in [0.05, 0.1) is 17.1 Å². The Morgan fingerprint density at radius 1 is 1.30 bits per heavy atom. The average Bonchev–Trinajstić information content (AvgIpc) is 2.42. The molecule has 1 saturated carbocycles. The zero-order valence-corrected chi connectivity index (χ0v) is 12.5. The standard InChI is InChI=1S/C16H21NO3/c1-12-5-6-13(14(7-12)20-11-18-3)16(10-17)8-15(2,9-16)19-4/h5-7H,8-9,11H2,1-4H3. The Bertz CT molecular complexity index is 527. The summed E-state index contributed by atoms with van der Waals surface area (Å²) < 4.78 is 16.1. The molecule has 1 aromatic rings. The highest BCUT2D eigenvalue weighted by molar-refractivity contribution is 5.49. The van der Waals surface area contributed by atoms with Gasteiger partial charge >= 0.3 is 0 Å². The molecule has 1 fully saturated rings. The number of hydrogen-bond donors (Lipinski definition) is 0. The molecule has 0 heterocycles. The second-order valence-electron chi connectivity index (χ2n) is 5.75. The molecule has 4 heteroatoms. The van der Waals surface area contributed by atoms with Gasteiger partial charge in [-0.2, -0.15) is 5.26 Å². The lowest BCUT2D eigenvalue weighted by molar-refractivity contribution is -0.0899. The van der Waals surface area contributed by atoms with Crippen molar-refractivity contribution in [3.63, 3.8) is 0 Å². The van der Waals surface area contributed by atoms with Crippen molar-refractivity contribution in [2.24, 2.45) is 0 Å². The van der Waals surface area contributed by atoms with E-state index in [0.29, 0.717) is 12.8 Å². The summed E-state index contributed by atoms with van der Waals surface area (Å²) in [6.45, 7) is 4.22. The largest absolute Gasteiger partial charge is 0.467 e. The highest BCUT2D eigenvalue weighted by atomic mass is 16.7. The van der Waals surface area contributed by atoms with Crippen LogP contribution in [0.5, 0.6) is 5.75 Å². The molecule has 0 unspecified atom stereocenters. The minimum Gasteiger partial charge on any atom is -0.467 e. The van der Waals surface area contributed by atoms with E-state index in [1.807, 2.05) is 32.0 Å². The van der Waals surface area contributed by atoms with E-state index >= 15 is 0 Å². The third kappa shape index (κ3) is 2.52. The van der Waals surface area contributed by atoms with Crippen molar-refractivity contribution >= 4 is 0 Å². The van der Waals surface area contributed by atoms with Crippen LogP contribution in [0, 0.1) is 18.3 Å². The molecule has 0 atom stereocenters. The van der Waals surface area contributed by atoms with Crippen molar-refractivity contribution < 1.29 is 14.2 Å². The van der Waals surface area contributed by atoms with Crippen LogP contribution in [0.2, 0.25) is 0 Å². The predicted molar refractivity (Wildman–Crippen MR) is 75.6 cm³/mol. The molecule has 0 bridgehead atoms. The van der Waals surface area contributed by atoms with E-state index in [9.17, 15) is 5.26 Å². The second kappa shape index (κ2) is 5.43. The van der Waals surface area contributed by atoms with Crippen LogP contribution in [0.3, 0.4) is 0 Å². The van der Waals surface area contributed by atoms with E-state index in [2.05, 4.69) is 6.07 Å². The fraction of sp³-hybridized carbons (Fsp3) is 0.562. The van der Waals surface area contributed by atoms with Gasteiger partial charge in [-0.05, 0) is 38.3 Å². The fourth-order valence-corrected chi connectivity index (χ4v) is 2.97. The van der Waals surface area contributed by atoms with E-state index in [-0.39, 0.29) is 12.4 Å². The van der Waals surface area contributed by atoms with Crippen molar-refractivity contribution in [3.8, 4) is 11.8 Å². The van der Waals surface area contributed by atoms with E-state index in [1.165, 1.54) is 0 Å². The molecule has 2 rings (SSSR count). The number of benzene rings is 1. The Balaban J connectivity index is 2.34. The lowest BCUT2D eigenvalue weighted by Gasteiger charge is -2.50. The number of aryl methyl sites for hydroxylation is 1. The van der Waals surface area contributed by atoms with E-state index in [1.54, 1.807) is 14.2 Å². The zero-order valence-electron chi connectivity index (χ0n) is 12.5. The van der Waals surface area contributed by atoms with E-state index in [4.69, 9.17) is 14.2 Å². The molecule has 4 nitrogen and oxygen atoms in total. The minimum absolute atomic E-state index is 0.180. The number of nitrogens with zero attached hydrogens (tertiary/aromatic N) is 1. The lowest BCUT2D eigenvalue weighted by atomic mass is 9.57. The topological polar surface area (TPSA) is 51.5 Å². The molecular formula is C16H21NO3. The molecule has 1 aromatic carbocycles. The van der Waals surface area contributed by atoms with Crippen LogP contribution in [0.4, 0.5) is 0 Å². The van der Waals surface area contributed by atoms with Crippen molar-refractivity contribution in [2.75, 3.05) is 21.0 Å². The molecule has 1 aliphatic carbocycles. The number of rotatable bonds is 5. The first-order chi connectivity index (χ1) is 9.48. The summed E-state index contributed by atoms with van der Waals surface area (Å²) in [4.78, 5) is 0. The Hall–Kier alpha value is -1.57. The number of nitriles is 1. The Kier molecular flexibility index (Phi) is 4.03. The van der Waals surface area contributed by atoms with Gasteiger partial charge < -0.3 is 14.2 Å². The highest BCUT2D eigenvalue weighted by Crippen LogP contribution is 2.53. The molecule has 0 spiro atoms. The summed E-state index contributed by atoms with van der Waals surface area (Å²) in [5.41, 5.74) is 1.28. The van der Waals surface area contributed by atoms with Crippen LogP contribution in [0.25, 0.3) is 0 Å². The summed E-state index contributed by atoms with van der Waals surface area (Å²) in [5.74, 6) is 0.728. The van der Waals surface area contributed by atoms with Crippen LogP contribution in [-0.4, -0.2) is 26.6 Å². The molecule has 0 radical (unpaired) electrons. The maximum absolute atomic E-state index is 9.64. The molecule has 20 heavy (non-hydrogen) atoms. The van der Waals surface area contributed by atoms with Crippen LogP contribution < -0.4 is 4.74 Å². The van der Waals surface area contributed by atoms with Crippen LogP contribution in [-0.2, 0) is 14.9 Å². The summed E-state index contributed by atoms with van der Waals surface area (Å²) in [5, 5.41) is 9.64. The minimum atomic E-state index is -0.526. The maximum atomic E-state index is 9.64. The summed E-state index contributed by atoms with van der Waals surface area (Å²) in [6, 6.07) is 8.41. The fourth-order valence-electron chi connectivity index (χ4n) is 2.97. The molecule has 0 amide bonds. The van der Waals surface area contributed by atoms with Crippen LogP contribution in [0.1, 0.15) is 30.9 Å². The molecule has 0 aromatic heterocycles. The van der Waals surface area contributed by atoms with Gasteiger partial charge in [-0.25, -0.2) is 0 Å². The van der Waals surface area contributed by atoms with E-state index < -0.39 is 5.41 Å². The lowest BCUT2D eigenvalue weighted by Crippen LogP contribution is -2.53. The van der Waals surface area contributed by atoms with Gasteiger partial charge in [-0.15, -0.1) is 0 Å².